The Morgan fingerprint density at radius 3 is 1.68 bits per heavy atom. The summed E-state index contributed by atoms with van der Waals surface area (Å²) >= 11 is 0. The second kappa shape index (κ2) is 8.39. The van der Waals surface area contributed by atoms with Gasteiger partial charge < -0.3 is 9.05 Å². The number of allylic oxidation sites excluding steroid dienone is 2. The highest BCUT2D eigenvalue weighted by atomic mass is 31.2. The largest absolute Gasteiger partial charge is 0.344 e. The predicted octanol–water partition coefficient (Wildman–Crippen LogP) is 6.21. The van der Waals surface area contributed by atoms with Crippen molar-refractivity contribution in [1.29, 1.82) is 0 Å². The molecule has 31 heavy (non-hydrogen) atoms. The van der Waals surface area contributed by atoms with Crippen LogP contribution in [0.4, 0.5) is 0 Å². The van der Waals surface area contributed by atoms with Crippen LogP contribution in [-0.2, 0) is 18.4 Å². The van der Waals surface area contributed by atoms with Crippen LogP contribution in [0.1, 0.15) is 29.5 Å². The van der Waals surface area contributed by atoms with Gasteiger partial charge in [0, 0.05) is 25.7 Å². The molecule has 3 aromatic rings. The van der Waals surface area contributed by atoms with E-state index in [9.17, 15) is 9.36 Å². The highest BCUT2D eigenvalue weighted by Gasteiger charge is 2.63. The summed E-state index contributed by atoms with van der Waals surface area (Å²) in [5, 5.41) is -1.42. The molecule has 4 rings (SSSR count). The molecule has 0 radical (unpaired) electrons. The lowest BCUT2D eigenvalue weighted by Gasteiger charge is -2.36. The molecule has 0 amide bonds. The zero-order valence-electron chi connectivity index (χ0n) is 17.8. The maximum Gasteiger partial charge on any atom is 0.344 e. The SMILES string of the molecule is COP(=O)(OC)[C@]1(C)C(=O)C(c2ccccc2)=C(c2ccccc2)[C@H]1c1ccccc1. The van der Waals surface area contributed by atoms with Gasteiger partial charge in [-0.2, -0.15) is 0 Å². The van der Waals surface area contributed by atoms with Crippen molar-refractivity contribution < 1.29 is 18.4 Å². The standard InChI is InChI=1S/C26H25O4P/c1-26(31(28,29-2)30-3)24(21-17-11-6-12-18-21)22(19-13-7-4-8-14-19)23(25(26)27)20-15-9-5-10-16-20/h4-18,24H,1-3H3/t24-,26+/m1/s1. The average molecular weight is 432 g/mol. The second-order valence-corrected chi connectivity index (χ2v) is 10.4. The van der Waals surface area contributed by atoms with Crippen molar-refractivity contribution in [1.82, 2.24) is 0 Å². The van der Waals surface area contributed by atoms with Gasteiger partial charge in [-0.3, -0.25) is 9.36 Å². The predicted molar refractivity (Wildman–Crippen MR) is 124 cm³/mol. The van der Waals surface area contributed by atoms with E-state index < -0.39 is 18.7 Å². The fourth-order valence-electron chi connectivity index (χ4n) is 4.62. The number of Topliss-reactive ketones (excluding diaryl/α,β-unsaturated/α-hetero) is 1. The van der Waals surface area contributed by atoms with E-state index in [1.54, 1.807) is 6.92 Å². The molecule has 0 heterocycles. The van der Waals surface area contributed by atoms with Crippen molar-refractivity contribution in [3.05, 3.63) is 108 Å². The lowest BCUT2D eigenvalue weighted by molar-refractivity contribution is -0.115. The number of ketones is 1. The maximum atomic E-state index is 14.2. The molecule has 1 aliphatic carbocycles. The molecular weight excluding hydrogens is 407 g/mol. The molecule has 0 saturated heterocycles. The zero-order valence-corrected chi connectivity index (χ0v) is 18.7. The van der Waals surface area contributed by atoms with Crippen LogP contribution < -0.4 is 0 Å². The van der Waals surface area contributed by atoms with Crippen molar-refractivity contribution in [3.63, 3.8) is 0 Å². The van der Waals surface area contributed by atoms with Gasteiger partial charge in [-0.25, -0.2) is 0 Å². The molecule has 1 aliphatic rings. The Kier molecular flexibility index (Phi) is 5.81. The van der Waals surface area contributed by atoms with Gasteiger partial charge in [0.2, 0.25) is 0 Å². The molecule has 0 N–H and O–H groups in total. The smallest absolute Gasteiger partial charge is 0.311 e. The monoisotopic (exact) mass is 432 g/mol. The molecule has 158 valence electrons. The number of hydrogen-bond donors (Lipinski definition) is 0. The summed E-state index contributed by atoms with van der Waals surface area (Å²) in [5.74, 6) is -0.747. The average Bonchev–Trinajstić information content (AvgIpc) is 3.08. The summed E-state index contributed by atoms with van der Waals surface area (Å²) in [5.41, 5.74) is 3.97. The van der Waals surface area contributed by atoms with Gasteiger partial charge >= 0.3 is 7.60 Å². The highest BCUT2D eigenvalue weighted by Crippen LogP contribution is 2.71. The Labute approximate surface area is 183 Å². The third kappa shape index (κ3) is 3.32. The fraction of sp³-hybridized carbons (Fsp3) is 0.192. The number of carbonyl (C=O) groups excluding carboxylic acids is 1. The van der Waals surface area contributed by atoms with Crippen LogP contribution in [0, 0.1) is 0 Å². The van der Waals surface area contributed by atoms with E-state index in [1.165, 1.54) is 14.2 Å². The molecule has 2 atom stereocenters. The first kappa shape index (κ1) is 21.5. The summed E-state index contributed by atoms with van der Waals surface area (Å²) in [7, 11) is -1.14. The van der Waals surface area contributed by atoms with Crippen LogP contribution in [0.5, 0.6) is 0 Å². The maximum absolute atomic E-state index is 14.2. The van der Waals surface area contributed by atoms with Crippen LogP contribution in [-0.4, -0.2) is 25.2 Å². The first-order chi connectivity index (χ1) is 15.0. The van der Waals surface area contributed by atoms with Gasteiger partial charge in [-0.05, 0) is 29.2 Å². The molecule has 0 saturated carbocycles. The van der Waals surface area contributed by atoms with E-state index in [1.807, 2.05) is 91.0 Å². The van der Waals surface area contributed by atoms with Crippen LogP contribution in [0.15, 0.2) is 91.0 Å². The Morgan fingerprint density at radius 1 is 0.742 bits per heavy atom. The van der Waals surface area contributed by atoms with E-state index in [4.69, 9.17) is 9.05 Å². The highest BCUT2D eigenvalue weighted by molar-refractivity contribution is 7.57. The molecule has 4 nitrogen and oxygen atoms in total. The van der Waals surface area contributed by atoms with E-state index in [0.29, 0.717) is 5.57 Å². The fourth-order valence-corrected chi connectivity index (χ4v) is 6.49. The molecule has 0 bridgehead atoms. The first-order valence-corrected chi connectivity index (χ1v) is 11.7. The molecule has 0 aromatic heterocycles. The van der Waals surface area contributed by atoms with Crippen LogP contribution >= 0.6 is 7.60 Å². The lowest BCUT2D eigenvalue weighted by atomic mass is 9.82. The number of carbonyl (C=O) groups is 1. The summed E-state index contributed by atoms with van der Waals surface area (Å²) in [6, 6.07) is 29.0. The van der Waals surface area contributed by atoms with Gasteiger partial charge in [0.15, 0.2) is 5.78 Å². The minimum atomic E-state index is -3.83. The van der Waals surface area contributed by atoms with Crippen molar-refractivity contribution >= 4 is 24.5 Å². The normalized spacial score (nSPS) is 21.5. The molecule has 5 heteroatoms. The molecule has 0 unspecified atom stereocenters. The van der Waals surface area contributed by atoms with Crippen molar-refractivity contribution in [2.24, 2.45) is 0 Å². The first-order valence-electron chi connectivity index (χ1n) is 10.1. The lowest BCUT2D eigenvalue weighted by Crippen LogP contribution is -2.38. The third-order valence-electron chi connectivity index (χ3n) is 6.14. The Hall–Kier alpha value is -2.78. The summed E-state index contributed by atoms with van der Waals surface area (Å²) < 4.78 is 24.8. The molecule has 0 fully saturated rings. The van der Waals surface area contributed by atoms with E-state index in [-0.39, 0.29) is 5.78 Å². The number of rotatable bonds is 6. The minimum absolute atomic E-state index is 0.238. The summed E-state index contributed by atoms with van der Waals surface area (Å²) in [6.45, 7) is 1.71. The minimum Gasteiger partial charge on any atom is -0.311 e. The van der Waals surface area contributed by atoms with Crippen molar-refractivity contribution in [2.75, 3.05) is 14.2 Å². The Balaban J connectivity index is 2.11. The van der Waals surface area contributed by atoms with Gasteiger partial charge in [0.25, 0.3) is 0 Å². The Bertz CT molecular complexity index is 1150. The zero-order chi connectivity index (χ0) is 22.1. The number of benzene rings is 3. The second-order valence-electron chi connectivity index (χ2n) is 7.70. The molecule has 0 aliphatic heterocycles. The van der Waals surface area contributed by atoms with Gasteiger partial charge in [-0.15, -0.1) is 0 Å². The van der Waals surface area contributed by atoms with Crippen molar-refractivity contribution in [3.8, 4) is 0 Å². The summed E-state index contributed by atoms with van der Waals surface area (Å²) in [6.07, 6.45) is 0. The molecule has 3 aromatic carbocycles. The van der Waals surface area contributed by atoms with E-state index in [0.717, 1.165) is 22.3 Å². The van der Waals surface area contributed by atoms with E-state index in [2.05, 4.69) is 0 Å². The third-order valence-corrected chi connectivity index (χ3v) is 8.70. The van der Waals surface area contributed by atoms with Gasteiger partial charge in [0.05, 0.1) is 0 Å². The molecule has 0 spiro atoms. The summed E-state index contributed by atoms with van der Waals surface area (Å²) in [4.78, 5) is 14.2. The van der Waals surface area contributed by atoms with Crippen LogP contribution in [0.25, 0.3) is 11.1 Å². The van der Waals surface area contributed by atoms with Crippen LogP contribution in [0.2, 0.25) is 0 Å². The van der Waals surface area contributed by atoms with Crippen molar-refractivity contribution in [2.45, 2.75) is 18.0 Å². The van der Waals surface area contributed by atoms with Crippen LogP contribution in [0.3, 0.4) is 0 Å². The van der Waals surface area contributed by atoms with Gasteiger partial charge in [0.1, 0.15) is 5.16 Å². The van der Waals surface area contributed by atoms with E-state index >= 15 is 0 Å². The quantitative estimate of drug-likeness (QED) is 0.435. The Morgan fingerprint density at radius 2 is 1.19 bits per heavy atom. The number of hydrogen-bond acceptors (Lipinski definition) is 4. The molecular formula is C26H25O4P. The topological polar surface area (TPSA) is 52.6 Å². The van der Waals surface area contributed by atoms with Gasteiger partial charge in [-0.1, -0.05) is 91.0 Å².